The Morgan fingerprint density at radius 1 is 1.32 bits per heavy atom. The zero-order valence-electron chi connectivity index (χ0n) is 11.0. The lowest BCUT2D eigenvalue weighted by Crippen LogP contribution is -2.27. The van der Waals surface area contributed by atoms with Crippen molar-refractivity contribution in [1.29, 1.82) is 0 Å². The minimum absolute atomic E-state index is 0.0752. The molecule has 2 rings (SSSR count). The maximum absolute atomic E-state index is 6.05. The van der Waals surface area contributed by atoms with E-state index in [0.717, 1.165) is 38.3 Å². The van der Waals surface area contributed by atoms with Gasteiger partial charge in [0.25, 0.3) is 0 Å². The Morgan fingerprint density at radius 3 is 2.74 bits per heavy atom. The average Bonchev–Trinajstić information content (AvgIpc) is 2.82. The fourth-order valence-corrected chi connectivity index (χ4v) is 2.96. The molecule has 0 amide bonds. The van der Waals surface area contributed by atoms with Gasteiger partial charge in [0, 0.05) is 42.8 Å². The molecule has 3 nitrogen and oxygen atoms in total. The van der Waals surface area contributed by atoms with Crippen LogP contribution in [0, 0.1) is 5.92 Å². The van der Waals surface area contributed by atoms with Crippen molar-refractivity contribution in [2.75, 3.05) is 33.4 Å². The lowest BCUT2D eigenvalue weighted by atomic mass is 9.95. The third kappa shape index (κ3) is 4.33. The normalized spacial score (nSPS) is 22.9. The summed E-state index contributed by atoms with van der Waals surface area (Å²) in [4.78, 5) is 0. The predicted molar refractivity (Wildman–Crippen MR) is 78.0 cm³/mol. The molecule has 1 aromatic carbocycles. The summed E-state index contributed by atoms with van der Waals surface area (Å²) < 4.78 is 10.9. The Balaban J connectivity index is 1.97. The maximum Gasteiger partial charge on any atom is 0.0867 e. The van der Waals surface area contributed by atoms with Crippen LogP contribution >= 0.6 is 23.2 Å². The predicted octanol–water partition coefficient (Wildman–Crippen LogP) is 3.31. The van der Waals surface area contributed by atoms with E-state index >= 15 is 0 Å². The van der Waals surface area contributed by atoms with E-state index in [9.17, 15) is 0 Å². The fourth-order valence-electron chi connectivity index (χ4n) is 2.41. The molecular formula is C14H19Cl2NO2. The zero-order valence-corrected chi connectivity index (χ0v) is 12.5. The van der Waals surface area contributed by atoms with Gasteiger partial charge >= 0.3 is 0 Å². The van der Waals surface area contributed by atoms with Gasteiger partial charge in [0.2, 0.25) is 0 Å². The molecule has 106 valence electrons. The summed E-state index contributed by atoms with van der Waals surface area (Å²) >= 11 is 12.1. The molecule has 0 radical (unpaired) electrons. The Hall–Kier alpha value is -0.320. The van der Waals surface area contributed by atoms with Crippen molar-refractivity contribution in [3.63, 3.8) is 0 Å². The van der Waals surface area contributed by atoms with Gasteiger partial charge in [0.15, 0.2) is 0 Å². The summed E-state index contributed by atoms with van der Waals surface area (Å²) in [7, 11) is 1.71. The van der Waals surface area contributed by atoms with Gasteiger partial charge in [0.1, 0.15) is 0 Å². The van der Waals surface area contributed by atoms with Crippen LogP contribution in [-0.4, -0.2) is 33.4 Å². The maximum atomic E-state index is 6.05. The van der Waals surface area contributed by atoms with Crippen LogP contribution in [0.1, 0.15) is 18.1 Å². The summed E-state index contributed by atoms with van der Waals surface area (Å²) in [6.45, 7) is 3.28. The standard InChI is InChI=1S/C14H19Cl2NO2/c1-18-5-3-17-9-10-2-4-19-14(10)11-6-12(15)8-13(16)7-11/h6-8,10,14,17H,2-5,9H2,1H3. The molecule has 0 bridgehead atoms. The van der Waals surface area contributed by atoms with Crippen LogP contribution in [0.15, 0.2) is 18.2 Å². The Kier molecular flexibility index (Phi) is 5.92. The highest BCUT2D eigenvalue weighted by Crippen LogP contribution is 2.36. The van der Waals surface area contributed by atoms with E-state index in [0.29, 0.717) is 16.0 Å². The van der Waals surface area contributed by atoms with Crippen LogP contribution < -0.4 is 5.32 Å². The van der Waals surface area contributed by atoms with E-state index < -0.39 is 0 Å². The van der Waals surface area contributed by atoms with Crippen LogP contribution in [0.5, 0.6) is 0 Å². The molecule has 19 heavy (non-hydrogen) atoms. The zero-order chi connectivity index (χ0) is 13.7. The quantitative estimate of drug-likeness (QED) is 0.818. The molecule has 1 N–H and O–H groups in total. The third-order valence-corrected chi connectivity index (χ3v) is 3.75. The third-order valence-electron chi connectivity index (χ3n) is 3.32. The molecule has 1 aromatic rings. The van der Waals surface area contributed by atoms with Crippen LogP contribution in [0.2, 0.25) is 10.0 Å². The number of nitrogens with one attached hydrogen (secondary N) is 1. The Morgan fingerprint density at radius 2 is 2.05 bits per heavy atom. The molecule has 1 heterocycles. The largest absolute Gasteiger partial charge is 0.383 e. The van der Waals surface area contributed by atoms with Gasteiger partial charge in [-0.3, -0.25) is 0 Å². The number of hydrogen-bond donors (Lipinski definition) is 1. The van der Waals surface area contributed by atoms with Crippen molar-refractivity contribution in [2.24, 2.45) is 5.92 Å². The number of benzene rings is 1. The molecule has 5 heteroatoms. The molecule has 1 aliphatic heterocycles. The first-order valence-electron chi connectivity index (χ1n) is 6.48. The van der Waals surface area contributed by atoms with Crippen molar-refractivity contribution >= 4 is 23.2 Å². The summed E-state index contributed by atoms with van der Waals surface area (Å²) in [6.07, 6.45) is 1.13. The molecule has 1 saturated heterocycles. The van der Waals surface area contributed by atoms with E-state index in [1.54, 1.807) is 13.2 Å². The van der Waals surface area contributed by atoms with Crippen LogP contribution in [-0.2, 0) is 9.47 Å². The number of ether oxygens (including phenoxy) is 2. The SMILES string of the molecule is COCCNCC1CCOC1c1cc(Cl)cc(Cl)c1. The number of rotatable bonds is 6. The first-order chi connectivity index (χ1) is 9.20. The molecule has 0 spiro atoms. The van der Waals surface area contributed by atoms with E-state index in [4.69, 9.17) is 32.7 Å². The van der Waals surface area contributed by atoms with Gasteiger partial charge in [-0.05, 0) is 30.2 Å². The van der Waals surface area contributed by atoms with E-state index in [2.05, 4.69) is 5.32 Å². The fraction of sp³-hybridized carbons (Fsp3) is 0.571. The van der Waals surface area contributed by atoms with Gasteiger partial charge in [0.05, 0.1) is 12.7 Å². The lowest BCUT2D eigenvalue weighted by molar-refractivity contribution is 0.0899. The van der Waals surface area contributed by atoms with Crippen molar-refractivity contribution < 1.29 is 9.47 Å². The highest BCUT2D eigenvalue weighted by molar-refractivity contribution is 6.34. The van der Waals surface area contributed by atoms with Gasteiger partial charge in [-0.25, -0.2) is 0 Å². The number of halogens is 2. The van der Waals surface area contributed by atoms with Crippen molar-refractivity contribution in [1.82, 2.24) is 5.32 Å². The smallest absolute Gasteiger partial charge is 0.0867 e. The number of methoxy groups -OCH3 is 1. The van der Waals surface area contributed by atoms with Gasteiger partial charge < -0.3 is 14.8 Å². The summed E-state index contributed by atoms with van der Waals surface area (Å²) in [5, 5.41) is 4.70. The molecule has 2 atom stereocenters. The Bertz CT molecular complexity index is 394. The van der Waals surface area contributed by atoms with Crippen molar-refractivity contribution in [3.05, 3.63) is 33.8 Å². The topological polar surface area (TPSA) is 30.5 Å². The van der Waals surface area contributed by atoms with Gasteiger partial charge in [-0.15, -0.1) is 0 Å². The number of hydrogen-bond acceptors (Lipinski definition) is 3. The monoisotopic (exact) mass is 303 g/mol. The van der Waals surface area contributed by atoms with Crippen LogP contribution in [0.3, 0.4) is 0 Å². The van der Waals surface area contributed by atoms with Crippen molar-refractivity contribution in [2.45, 2.75) is 12.5 Å². The minimum Gasteiger partial charge on any atom is -0.383 e. The van der Waals surface area contributed by atoms with E-state index in [1.807, 2.05) is 12.1 Å². The Labute approximate surface area is 124 Å². The van der Waals surface area contributed by atoms with Gasteiger partial charge in [-0.2, -0.15) is 0 Å². The highest BCUT2D eigenvalue weighted by Gasteiger charge is 2.29. The van der Waals surface area contributed by atoms with Gasteiger partial charge in [-0.1, -0.05) is 23.2 Å². The first kappa shape index (κ1) is 15.1. The van der Waals surface area contributed by atoms with Crippen LogP contribution in [0.25, 0.3) is 0 Å². The lowest BCUT2D eigenvalue weighted by Gasteiger charge is -2.20. The highest BCUT2D eigenvalue weighted by atomic mass is 35.5. The molecule has 1 aliphatic rings. The summed E-state index contributed by atoms with van der Waals surface area (Å²) in [5.74, 6) is 0.450. The average molecular weight is 304 g/mol. The summed E-state index contributed by atoms with van der Waals surface area (Å²) in [5.41, 5.74) is 1.06. The first-order valence-corrected chi connectivity index (χ1v) is 7.23. The molecule has 0 aliphatic carbocycles. The summed E-state index contributed by atoms with van der Waals surface area (Å²) in [6, 6.07) is 5.62. The second-order valence-electron chi connectivity index (χ2n) is 4.74. The van der Waals surface area contributed by atoms with E-state index in [1.165, 1.54) is 0 Å². The van der Waals surface area contributed by atoms with E-state index in [-0.39, 0.29) is 6.10 Å². The second-order valence-corrected chi connectivity index (χ2v) is 5.61. The van der Waals surface area contributed by atoms with Crippen LogP contribution in [0.4, 0.5) is 0 Å². The molecule has 2 unspecified atom stereocenters. The molecule has 1 fully saturated rings. The minimum atomic E-state index is 0.0752. The van der Waals surface area contributed by atoms with Crippen molar-refractivity contribution in [3.8, 4) is 0 Å². The molecular weight excluding hydrogens is 285 g/mol. The molecule has 0 saturated carbocycles. The molecule has 0 aromatic heterocycles. The second kappa shape index (κ2) is 7.46.